The molecule has 5 nitrogen and oxygen atoms in total. The molecule has 1 aromatic rings. The first kappa shape index (κ1) is 18.5. The molecule has 1 saturated carbocycles. The number of aliphatic hydroxyl groups is 1. The van der Waals surface area contributed by atoms with Crippen molar-refractivity contribution in [3.05, 3.63) is 29.3 Å². The Morgan fingerprint density at radius 2 is 2.12 bits per heavy atom. The fraction of sp³-hybridized carbons (Fsp3) is 0.562. The van der Waals surface area contributed by atoms with Gasteiger partial charge in [0.25, 0.3) is 0 Å². The Hall–Kier alpha value is -1.80. The second-order valence-electron chi connectivity index (χ2n) is 6.00. The van der Waals surface area contributed by atoms with Gasteiger partial charge in [-0.05, 0) is 43.4 Å². The third-order valence-electron chi connectivity index (χ3n) is 3.67. The fourth-order valence-electron chi connectivity index (χ4n) is 2.02. The lowest BCUT2D eigenvalue weighted by molar-refractivity contribution is -0.137. The van der Waals surface area contributed by atoms with Crippen molar-refractivity contribution in [2.75, 3.05) is 25.1 Å². The summed E-state index contributed by atoms with van der Waals surface area (Å²) in [5, 5.41) is 14.5. The molecule has 134 valence electrons. The Morgan fingerprint density at radius 1 is 1.42 bits per heavy atom. The first-order chi connectivity index (χ1) is 11.3. The number of hydrogen-bond donors (Lipinski definition) is 3. The lowest BCUT2D eigenvalue weighted by Crippen LogP contribution is -2.37. The molecule has 1 aromatic carbocycles. The highest BCUT2D eigenvalue weighted by Gasteiger charge is 2.31. The number of alkyl halides is 3. The zero-order valence-corrected chi connectivity index (χ0v) is 13.3. The maximum atomic E-state index is 12.7. The van der Waals surface area contributed by atoms with E-state index in [1.165, 1.54) is 6.07 Å². The number of carbonyl (C=O) groups excluding carboxylic acids is 1. The van der Waals surface area contributed by atoms with Crippen LogP contribution in [-0.2, 0) is 10.9 Å². The smallest absolute Gasteiger partial charge is 0.389 e. The molecule has 0 bridgehead atoms. The zero-order chi connectivity index (χ0) is 17.7. The van der Waals surface area contributed by atoms with Gasteiger partial charge in [0, 0.05) is 18.8 Å². The molecule has 1 atom stereocenters. The van der Waals surface area contributed by atoms with Crippen molar-refractivity contribution in [1.29, 1.82) is 0 Å². The molecule has 0 radical (unpaired) electrons. The summed E-state index contributed by atoms with van der Waals surface area (Å²) in [6.07, 6.45) is -3.05. The Labute approximate surface area is 138 Å². The van der Waals surface area contributed by atoms with E-state index in [-0.39, 0.29) is 18.8 Å². The van der Waals surface area contributed by atoms with Crippen molar-refractivity contribution >= 4 is 11.7 Å². The number of urea groups is 1. The molecule has 0 spiro atoms. The van der Waals surface area contributed by atoms with Gasteiger partial charge in [-0.25, -0.2) is 4.79 Å². The molecule has 0 saturated heterocycles. The molecule has 24 heavy (non-hydrogen) atoms. The SMILES string of the molecule is Cc1ccc(C(F)(F)F)cc1NC(=O)NCC(O)COCC1CC1. The molecule has 3 N–H and O–H groups in total. The van der Waals surface area contributed by atoms with Gasteiger partial charge >= 0.3 is 12.2 Å². The maximum Gasteiger partial charge on any atom is 0.416 e. The van der Waals surface area contributed by atoms with Gasteiger partial charge in [-0.2, -0.15) is 13.2 Å². The summed E-state index contributed by atoms with van der Waals surface area (Å²) >= 11 is 0. The van der Waals surface area contributed by atoms with Crippen molar-refractivity contribution < 1.29 is 27.8 Å². The number of nitrogens with one attached hydrogen (secondary N) is 2. The Balaban J connectivity index is 1.78. The molecule has 1 aliphatic carbocycles. The molecule has 1 fully saturated rings. The number of aliphatic hydroxyl groups excluding tert-OH is 1. The topological polar surface area (TPSA) is 70.6 Å². The monoisotopic (exact) mass is 346 g/mol. The van der Waals surface area contributed by atoms with Crippen molar-refractivity contribution in [3.63, 3.8) is 0 Å². The van der Waals surface area contributed by atoms with Crippen molar-refractivity contribution in [2.24, 2.45) is 5.92 Å². The maximum absolute atomic E-state index is 12.7. The van der Waals surface area contributed by atoms with Crippen molar-refractivity contribution in [3.8, 4) is 0 Å². The lowest BCUT2D eigenvalue weighted by Gasteiger charge is -2.15. The van der Waals surface area contributed by atoms with Crippen LogP contribution >= 0.6 is 0 Å². The first-order valence-corrected chi connectivity index (χ1v) is 7.74. The Bertz CT molecular complexity index is 574. The second kappa shape index (κ2) is 7.85. The zero-order valence-electron chi connectivity index (χ0n) is 13.3. The summed E-state index contributed by atoms with van der Waals surface area (Å²) in [6.45, 7) is 2.26. The summed E-state index contributed by atoms with van der Waals surface area (Å²) < 4.78 is 43.4. The highest BCUT2D eigenvalue weighted by Crippen LogP contribution is 2.32. The number of ether oxygens (including phenoxy) is 1. The third-order valence-corrected chi connectivity index (χ3v) is 3.67. The number of halogens is 3. The predicted molar refractivity (Wildman–Crippen MR) is 82.8 cm³/mol. The minimum absolute atomic E-state index is 0.0471. The minimum atomic E-state index is -4.48. The van der Waals surface area contributed by atoms with Gasteiger partial charge in [0.1, 0.15) is 0 Å². The van der Waals surface area contributed by atoms with Crippen LogP contribution in [0.4, 0.5) is 23.7 Å². The number of aryl methyl sites for hydroxylation is 1. The van der Waals surface area contributed by atoms with Crippen LogP contribution in [0.2, 0.25) is 0 Å². The van der Waals surface area contributed by atoms with Gasteiger partial charge in [0.05, 0.1) is 18.3 Å². The van der Waals surface area contributed by atoms with Gasteiger partial charge in [0.2, 0.25) is 0 Å². The highest BCUT2D eigenvalue weighted by molar-refractivity contribution is 5.90. The number of rotatable bonds is 7. The second-order valence-corrected chi connectivity index (χ2v) is 6.00. The summed E-state index contributed by atoms with van der Waals surface area (Å²) in [5.41, 5.74) is -0.259. The van der Waals surface area contributed by atoms with Crippen LogP contribution in [-0.4, -0.2) is 37.0 Å². The molecule has 2 rings (SSSR count). The molecule has 1 unspecified atom stereocenters. The average molecular weight is 346 g/mol. The summed E-state index contributed by atoms with van der Waals surface area (Å²) in [4.78, 5) is 11.8. The van der Waals surface area contributed by atoms with E-state index in [9.17, 15) is 23.1 Å². The van der Waals surface area contributed by atoms with Crippen LogP contribution in [0.15, 0.2) is 18.2 Å². The van der Waals surface area contributed by atoms with Crippen LogP contribution in [0.1, 0.15) is 24.0 Å². The van der Waals surface area contributed by atoms with E-state index in [1.54, 1.807) is 6.92 Å². The largest absolute Gasteiger partial charge is 0.416 e. The van der Waals surface area contributed by atoms with Gasteiger partial charge in [-0.1, -0.05) is 6.07 Å². The van der Waals surface area contributed by atoms with E-state index in [2.05, 4.69) is 10.6 Å². The van der Waals surface area contributed by atoms with Crippen LogP contribution < -0.4 is 10.6 Å². The molecule has 0 aliphatic heterocycles. The molecule has 2 amide bonds. The number of hydrogen-bond acceptors (Lipinski definition) is 3. The fourth-order valence-corrected chi connectivity index (χ4v) is 2.02. The third kappa shape index (κ3) is 6.01. The minimum Gasteiger partial charge on any atom is -0.389 e. The van der Waals surface area contributed by atoms with E-state index >= 15 is 0 Å². The first-order valence-electron chi connectivity index (χ1n) is 7.74. The van der Waals surface area contributed by atoms with E-state index in [0.29, 0.717) is 18.1 Å². The number of carbonyl (C=O) groups is 1. The van der Waals surface area contributed by atoms with Crippen LogP contribution in [0.5, 0.6) is 0 Å². The van der Waals surface area contributed by atoms with Gasteiger partial charge in [0.15, 0.2) is 0 Å². The number of amides is 2. The molecular formula is C16H21F3N2O3. The van der Waals surface area contributed by atoms with Gasteiger partial charge < -0.3 is 20.5 Å². The van der Waals surface area contributed by atoms with E-state index in [1.807, 2.05) is 0 Å². The summed E-state index contributed by atoms with van der Waals surface area (Å²) in [6, 6.07) is 2.45. The van der Waals surface area contributed by atoms with E-state index in [0.717, 1.165) is 25.0 Å². The van der Waals surface area contributed by atoms with E-state index in [4.69, 9.17) is 4.74 Å². The Kier molecular flexibility index (Phi) is 6.06. The summed E-state index contributed by atoms with van der Waals surface area (Å²) in [7, 11) is 0. The van der Waals surface area contributed by atoms with Gasteiger partial charge in [-0.15, -0.1) is 0 Å². The summed E-state index contributed by atoms with van der Waals surface area (Å²) in [5.74, 6) is 0.581. The van der Waals surface area contributed by atoms with Crippen LogP contribution in [0.3, 0.4) is 0 Å². The van der Waals surface area contributed by atoms with Crippen molar-refractivity contribution in [1.82, 2.24) is 5.32 Å². The van der Waals surface area contributed by atoms with E-state index < -0.39 is 23.9 Å². The average Bonchev–Trinajstić information content (AvgIpc) is 3.30. The molecule has 0 aromatic heterocycles. The van der Waals surface area contributed by atoms with Crippen molar-refractivity contribution in [2.45, 2.75) is 32.0 Å². The van der Waals surface area contributed by atoms with Gasteiger partial charge in [-0.3, -0.25) is 0 Å². The normalized spacial score (nSPS) is 15.9. The standard InChI is InChI=1S/C16H21F3N2O3/c1-10-2-5-12(16(17,18)19)6-14(10)21-15(23)20-7-13(22)9-24-8-11-3-4-11/h2,5-6,11,13,22H,3-4,7-9H2,1H3,(H2,20,21,23). The molecular weight excluding hydrogens is 325 g/mol. The molecule has 1 aliphatic rings. The predicted octanol–water partition coefficient (Wildman–Crippen LogP) is 2.92. The van der Waals surface area contributed by atoms with Crippen LogP contribution in [0.25, 0.3) is 0 Å². The molecule has 0 heterocycles. The molecule has 8 heteroatoms. The Morgan fingerprint density at radius 3 is 2.75 bits per heavy atom. The highest BCUT2D eigenvalue weighted by atomic mass is 19.4. The number of benzene rings is 1. The lowest BCUT2D eigenvalue weighted by atomic mass is 10.1. The van der Waals surface area contributed by atoms with Crippen LogP contribution in [0, 0.1) is 12.8 Å². The quantitative estimate of drug-likeness (QED) is 0.711. The number of anilines is 1.